The molecule has 22 heavy (non-hydrogen) atoms. The second kappa shape index (κ2) is 6.06. The van der Waals surface area contributed by atoms with Gasteiger partial charge >= 0.3 is 0 Å². The van der Waals surface area contributed by atoms with Crippen LogP contribution in [0.15, 0.2) is 24.3 Å². The van der Waals surface area contributed by atoms with Gasteiger partial charge in [0.05, 0.1) is 12.6 Å². The van der Waals surface area contributed by atoms with Crippen LogP contribution in [0, 0.1) is 0 Å². The van der Waals surface area contributed by atoms with Gasteiger partial charge < -0.3 is 20.3 Å². The first kappa shape index (κ1) is 15.0. The molecule has 6 nitrogen and oxygen atoms in total. The number of likely N-dealkylation sites (N-methyl/N-ethyl adjacent to an activating group) is 1. The summed E-state index contributed by atoms with van der Waals surface area (Å²) in [6, 6.07) is 7.07. The highest BCUT2D eigenvalue weighted by Crippen LogP contribution is 2.36. The molecule has 1 aromatic carbocycles. The number of nitrogens with one attached hydrogen (secondary N) is 2. The van der Waals surface area contributed by atoms with E-state index in [9.17, 15) is 9.59 Å². The van der Waals surface area contributed by atoms with Crippen LogP contribution in [0.25, 0.3) is 0 Å². The normalized spacial score (nSPS) is 25.2. The van der Waals surface area contributed by atoms with Crippen LogP contribution in [-0.2, 0) is 20.9 Å². The molecule has 3 atom stereocenters. The lowest BCUT2D eigenvalue weighted by atomic mass is 10.1. The maximum absolute atomic E-state index is 12.8. The Kier molecular flexibility index (Phi) is 4.13. The molecule has 3 rings (SSSR count). The van der Waals surface area contributed by atoms with Gasteiger partial charge in [-0.1, -0.05) is 24.3 Å². The summed E-state index contributed by atoms with van der Waals surface area (Å²) in [6.07, 6.45) is 0.170. The van der Waals surface area contributed by atoms with Crippen LogP contribution >= 0.6 is 0 Å². The Morgan fingerprint density at radius 1 is 1.41 bits per heavy atom. The van der Waals surface area contributed by atoms with Gasteiger partial charge in [0.2, 0.25) is 11.8 Å². The minimum Gasteiger partial charge on any atom is -0.354 e. The van der Waals surface area contributed by atoms with Crippen LogP contribution in [0.1, 0.15) is 30.7 Å². The van der Waals surface area contributed by atoms with Gasteiger partial charge in [0.25, 0.3) is 0 Å². The summed E-state index contributed by atoms with van der Waals surface area (Å²) >= 11 is 0. The van der Waals surface area contributed by atoms with Gasteiger partial charge in [0.1, 0.15) is 6.04 Å². The Morgan fingerprint density at radius 3 is 2.95 bits per heavy atom. The lowest BCUT2D eigenvalue weighted by molar-refractivity contribution is -0.144. The molecule has 0 radical (unpaired) electrons. The summed E-state index contributed by atoms with van der Waals surface area (Å²) < 4.78 is 5.86. The molecule has 2 N–H and O–H groups in total. The van der Waals surface area contributed by atoms with Crippen molar-refractivity contribution in [3.63, 3.8) is 0 Å². The fourth-order valence-corrected chi connectivity index (χ4v) is 2.91. The lowest BCUT2D eigenvalue weighted by Gasteiger charge is -2.25. The van der Waals surface area contributed by atoms with E-state index in [0.717, 1.165) is 11.1 Å². The Morgan fingerprint density at radius 2 is 2.18 bits per heavy atom. The molecule has 1 aromatic rings. The fourth-order valence-electron chi connectivity index (χ4n) is 2.91. The summed E-state index contributed by atoms with van der Waals surface area (Å²) in [5.74, 6) is -0.244. The number of carbonyl (C=O) groups excluding carboxylic acids is 2. The third-order valence-electron chi connectivity index (χ3n) is 4.35. The van der Waals surface area contributed by atoms with Crippen LogP contribution in [0.3, 0.4) is 0 Å². The van der Waals surface area contributed by atoms with Gasteiger partial charge in [0, 0.05) is 18.5 Å². The third-order valence-corrected chi connectivity index (χ3v) is 4.35. The number of benzene rings is 1. The predicted octanol–water partition coefficient (Wildman–Crippen LogP) is 0.540. The molecule has 2 heterocycles. The van der Waals surface area contributed by atoms with Crippen LogP contribution < -0.4 is 10.6 Å². The number of hydrogen-bond acceptors (Lipinski definition) is 4. The first-order chi connectivity index (χ1) is 10.6. The fraction of sp³-hybridized carbons (Fsp3) is 0.500. The average molecular weight is 303 g/mol. The molecule has 0 aromatic heterocycles. The quantitative estimate of drug-likeness (QED) is 0.855. The summed E-state index contributed by atoms with van der Waals surface area (Å²) in [5, 5.41) is 5.70. The Balaban J connectivity index is 1.77. The molecule has 0 aliphatic carbocycles. The Labute approximate surface area is 129 Å². The van der Waals surface area contributed by atoms with E-state index in [1.165, 1.54) is 0 Å². The largest absolute Gasteiger partial charge is 0.354 e. The average Bonchev–Trinajstić information content (AvgIpc) is 2.84. The summed E-state index contributed by atoms with van der Waals surface area (Å²) in [4.78, 5) is 26.5. The predicted molar refractivity (Wildman–Crippen MR) is 80.8 cm³/mol. The van der Waals surface area contributed by atoms with E-state index in [1.54, 1.807) is 18.9 Å². The van der Waals surface area contributed by atoms with Gasteiger partial charge in [-0.3, -0.25) is 9.59 Å². The molecular weight excluding hydrogens is 282 g/mol. The molecule has 2 aliphatic rings. The van der Waals surface area contributed by atoms with Gasteiger partial charge in [0.15, 0.2) is 6.23 Å². The molecule has 0 saturated carbocycles. The second-order valence-electron chi connectivity index (χ2n) is 5.75. The number of fused-ring (bicyclic) bond motifs is 3. The zero-order chi connectivity index (χ0) is 15.7. The topological polar surface area (TPSA) is 70.7 Å². The van der Waals surface area contributed by atoms with Gasteiger partial charge in [-0.2, -0.15) is 0 Å². The van der Waals surface area contributed by atoms with Crippen molar-refractivity contribution in [2.75, 3.05) is 13.7 Å². The van der Waals surface area contributed by atoms with Gasteiger partial charge in [-0.05, 0) is 19.5 Å². The monoisotopic (exact) mass is 303 g/mol. The van der Waals surface area contributed by atoms with Crippen molar-refractivity contribution in [3.05, 3.63) is 35.4 Å². The summed E-state index contributed by atoms with van der Waals surface area (Å²) in [6.45, 7) is 2.75. The van der Waals surface area contributed by atoms with E-state index in [0.29, 0.717) is 19.6 Å². The molecule has 1 saturated heterocycles. The maximum atomic E-state index is 12.8. The van der Waals surface area contributed by atoms with E-state index < -0.39 is 6.04 Å². The molecule has 2 amide bonds. The van der Waals surface area contributed by atoms with Crippen molar-refractivity contribution in [1.29, 1.82) is 0 Å². The molecule has 2 aliphatic heterocycles. The minimum absolute atomic E-state index is 0.0737. The highest BCUT2D eigenvalue weighted by atomic mass is 16.5. The zero-order valence-electron chi connectivity index (χ0n) is 12.8. The highest BCUT2D eigenvalue weighted by Gasteiger charge is 2.40. The van der Waals surface area contributed by atoms with Crippen LogP contribution in [-0.4, -0.2) is 42.5 Å². The summed E-state index contributed by atoms with van der Waals surface area (Å²) in [5.41, 5.74) is 2.16. The zero-order valence-corrected chi connectivity index (χ0v) is 12.8. The van der Waals surface area contributed by atoms with Crippen molar-refractivity contribution in [1.82, 2.24) is 15.5 Å². The number of nitrogens with zero attached hydrogens (tertiary/aromatic N) is 1. The van der Waals surface area contributed by atoms with E-state index in [1.807, 2.05) is 24.3 Å². The van der Waals surface area contributed by atoms with Crippen molar-refractivity contribution < 1.29 is 14.3 Å². The van der Waals surface area contributed by atoms with Gasteiger partial charge in [-0.25, -0.2) is 0 Å². The van der Waals surface area contributed by atoms with Crippen molar-refractivity contribution >= 4 is 11.8 Å². The molecule has 1 fully saturated rings. The lowest BCUT2D eigenvalue weighted by Crippen LogP contribution is -2.51. The van der Waals surface area contributed by atoms with E-state index in [4.69, 9.17) is 4.74 Å². The van der Waals surface area contributed by atoms with E-state index >= 15 is 0 Å². The smallest absolute Gasteiger partial charge is 0.247 e. The second-order valence-corrected chi connectivity index (χ2v) is 5.75. The molecule has 3 unspecified atom stereocenters. The number of amides is 2. The van der Waals surface area contributed by atoms with Crippen molar-refractivity contribution in [3.8, 4) is 0 Å². The van der Waals surface area contributed by atoms with Crippen LogP contribution in [0.2, 0.25) is 0 Å². The minimum atomic E-state index is -0.525. The molecule has 6 heteroatoms. The highest BCUT2D eigenvalue weighted by molar-refractivity contribution is 5.90. The number of carbonyl (C=O) groups is 2. The third kappa shape index (κ3) is 2.60. The maximum Gasteiger partial charge on any atom is 0.247 e. The van der Waals surface area contributed by atoms with Crippen LogP contribution in [0.5, 0.6) is 0 Å². The first-order valence-corrected chi connectivity index (χ1v) is 7.59. The number of rotatable bonds is 3. The Hall–Kier alpha value is -1.92. The van der Waals surface area contributed by atoms with Crippen LogP contribution in [0.4, 0.5) is 0 Å². The molecule has 0 bridgehead atoms. The molecular formula is C16H21N3O3. The van der Waals surface area contributed by atoms with Gasteiger partial charge in [-0.15, -0.1) is 0 Å². The Bertz CT molecular complexity index is 590. The van der Waals surface area contributed by atoms with Crippen molar-refractivity contribution in [2.45, 2.75) is 38.2 Å². The summed E-state index contributed by atoms with van der Waals surface area (Å²) in [7, 11) is 1.72. The van der Waals surface area contributed by atoms with E-state index in [2.05, 4.69) is 10.6 Å². The number of ether oxygens (including phenoxy) is 1. The SMILES string of the molecule is CNC(C)C(=O)NC1CCOC2c3ccccc3CN2C1=O. The molecule has 0 spiro atoms. The first-order valence-electron chi connectivity index (χ1n) is 7.59. The standard InChI is InChI=1S/C16H21N3O3/c1-10(17-2)14(20)18-13-7-8-22-16-12-6-4-3-5-11(12)9-19(16)15(13)21/h3-6,10,13,16-17H,7-9H2,1-2H3,(H,18,20). The van der Waals surface area contributed by atoms with E-state index in [-0.39, 0.29) is 24.1 Å². The molecule has 118 valence electrons. The van der Waals surface area contributed by atoms with Crippen molar-refractivity contribution in [2.24, 2.45) is 0 Å². The number of hydrogen-bond donors (Lipinski definition) is 2.